The molecule has 0 spiro atoms. The Morgan fingerprint density at radius 2 is 2.20 bits per heavy atom. The summed E-state index contributed by atoms with van der Waals surface area (Å²) in [7, 11) is 1.62. The number of alkyl halides is 2. The van der Waals surface area contributed by atoms with E-state index >= 15 is 0 Å². The number of rotatable bonds is 5. The van der Waals surface area contributed by atoms with Crippen LogP contribution in [-0.4, -0.2) is 37.7 Å². The normalized spacial score (nSPS) is 33.9. The molecule has 118 valence electrons. The number of ether oxygens (including phenoxy) is 1. The van der Waals surface area contributed by atoms with Gasteiger partial charge in [0.05, 0.1) is 6.17 Å². The molecule has 4 N–H and O–H groups in total. The maximum Gasteiger partial charge on any atom is 0.245 e. The van der Waals surface area contributed by atoms with Gasteiger partial charge in [-0.2, -0.15) is 0 Å². The molecule has 1 fully saturated rings. The first-order chi connectivity index (χ1) is 9.32. The molecule has 2 unspecified atom stereocenters. The molecular formula is C13H26F2N4O. The average molecular weight is 292 g/mol. The van der Waals surface area contributed by atoms with Crippen molar-refractivity contribution in [2.45, 2.75) is 51.8 Å². The van der Waals surface area contributed by atoms with E-state index in [9.17, 15) is 8.78 Å². The molecule has 1 aliphatic rings. The first-order valence-corrected chi connectivity index (χ1v) is 7.01. The van der Waals surface area contributed by atoms with Crippen LogP contribution in [0.5, 0.6) is 0 Å². The number of amidine groups is 1. The Morgan fingerprint density at radius 1 is 1.55 bits per heavy atom. The van der Waals surface area contributed by atoms with Gasteiger partial charge in [-0.25, -0.2) is 14.2 Å². The summed E-state index contributed by atoms with van der Waals surface area (Å²) in [5, 5.41) is 3.14. The maximum absolute atomic E-state index is 13.5. The number of hydrogen-bond donors (Lipinski definition) is 3. The zero-order valence-corrected chi connectivity index (χ0v) is 12.6. The Hall–Kier alpha value is -0.790. The summed E-state index contributed by atoms with van der Waals surface area (Å²) in [4.78, 5) is 4.16. The van der Waals surface area contributed by atoms with E-state index in [4.69, 9.17) is 10.6 Å². The van der Waals surface area contributed by atoms with E-state index in [-0.39, 0.29) is 24.4 Å². The summed E-state index contributed by atoms with van der Waals surface area (Å²) >= 11 is 0. The Bertz CT molecular complexity index is 333. The van der Waals surface area contributed by atoms with Gasteiger partial charge in [-0.15, -0.1) is 0 Å². The molecule has 1 aliphatic heterocycles. The molecule has 4 atom stereocenters. The van der Waals surface area contributed by atoms with Crippen molar-refractivity contribution in [1.29, 1.82) is 0 Å². The predicted molar refractivity (Wildman–Crippen MR) is 75.5 cm³/mol. The fraction of sp³-hybridized carbons (Fsp3) is 0.923. The van der Waals surface area contributed by atoms with Crippen molar-refractivity contribution < 1.29 is 13.5 Å². The first kappa shape index (κ1) is 17.3. The summed E-state index contributed by atoms with van der Waals surface area (Å²) in [6, 6.07) is 0. The first-order valence-electron chi connectivity index (χ1n) is 7.01. The van der Waals surface area contributed by atoms with E-state index in [0.717, 1.165) is 6.92 Å². The molecule has 0 amide bonds. The third kappa shape index (κ3) is 4.64. The lowest BCUT2D eigenvalue weighted by Gasteiger charge is -2.31. The molecule has 0 aliphatic carbocycles. The quantitative estimate of drug-likeness (QED) is 0.530. The minimum Gasteiger partial charge on any atom is -0.370 e. The number of halogens is 2. The number of hydrazine groups is 1. The molecule has 7 heteroatoms. The van der Waals surface area contributed by atoms with Gasteiger partial charge in [0, 0.05) is 26.0 Å². The van der Waals surface area contributed by atoms with Crippen molar-refractivity contribution in [3.63, 3.8) is 0 Å². The lowest BCUT2D eigenvalue weighted by atomic mass is 9.82. The highest BCUT2D eigenvalue weighted by Crippen LogP contribution is 2.34. The average Bonchev–Trinajstić information content (AvgIpc) is 2.48. The van der Waals surface area contributed by atoms with Crippen LogP contribution in [0.15, 0.2) is 4.99 Å². The van der Waals surface area contributed by atoms with Gasteiger partial charge in [-0.1, -0.05) is 6.92 Å². The molecule has 20 heavy (non-hydrogen) atoms. The van der Waals surface area contributed by atoms with Gasteiger partial charge in [-0.05, 0) is 26.2 Å². The maximum atomic E-state index is 13.5. The minimum atomic E-state index is -2.73. The molecule has 0 aromatic carbocycles. The van der Waals surface area contributed by atoms with E-state index < -0.39 is 12.0 Å². The molecule has 1 rings (SSSR count). The zero-order chi connectivity index (χ0) is 15.3. The van der Waals surface area contributed by atoms with Crippen LogP contribution >= 0.6 is 0 Å². The lowest BCUT2D eigenvalue weighted by molar-refractivity contribution is -0.0432. The molecule has 0 aromatic heterocycles. The third-order valence-electron chi connectivity index (χ3n) is 3.70. The molecule has 0 aromatic rings. The van der Waals surface area contributed by atoms with Crippen LogP contribution in [0.3, 0.4) is 0 Å². The van der Waals surface area contributed by atoms with Crippen molar-refractivity contribution in [2.75, 3.05) is 13.7 Å². The van der Waals surface area contributed by atoms with Crippen LogP contribution in [0.2, 0.25) is 0 Å². The SMILES string of the molecule is CCO[C@H]1C(=NC)NC(NN)C[C@H](C)C1CC(C)(F)F. The van der Waals surface area contributed by atoms with Crippen LogP contribution in [0, 0.1) is 11.8 Å². The van der Waals surface area contributed by atoms with Gasteiger partial charge >= 0.3 is 0 Å². The second-order valence-corrected chi connectivity index (χ2v) is 5.50. The van der Waals surface area contributed by atoms with Gasteiger partial charge in [0.1, 0.15) is 11.9 Å². The fourth-order valence-corrected chi connectivity index (χ4v) is 2.77. The number of aliphatic imine (C=N–C) groups is 1. The van der Waals surface area contributed by atoms with Crippen molar-refractivity contribution >= 4 is 5.84 Å². The van der Waals surface area contributed by atoms with Gasteiger partial charge in [0.2, 0.25) is 5.92 Å². The molecule has 1 saturated heterocycles. The zero-order valence-electron chi connectivity index (χ0n) is 12.6. The molecular weight excluding hydrogens is 266 g/mol. The summed E-state index contributed by atoms with van der Waals surface area (Å²) in [6.07, 6.45) is -0.234. The highest BCUT2D eigenvalue weighted by atomic mass is 19.3. The largest absolute Gasteiger partial charge is 0.370 e. The second-order valence-electron chi connectivity index (χ2n) is 5.50. The Kier molecular flexibility index (Phi) is 6.29. The summed E-state index contributed by atoms with van der Waals surface area (Å²) in [5.41, 5.74) is 2.65. The van der Waals surface area contributed by atoms with E-state index in [0.29, 0.717) is 18.9 Å². The smallest absolute Gasteiger partial charge is 0.245 e. The van der Waals surface area contributed by atoms with Crippen LogP contribution in [0.25, 0.3) is 0 Å². The number of nitrogens with two attached hydrogens (primary N) is 1. The fourth-order valence-electron chi connectivity index (χ4n) is 2.77. The topological polar surface area (TPSA) is 71.7 Å². The van der Waals surface area contributed by atoms with Crippen LogP contribution in [-0.2, 0) is 4.74 Å². The molecule has 0 radical (unpaired) electrons. The lowest BCUT2D eigenvalue weighted by Crippen LogP contribution is -2.50. The third-order valence-corrected chi connectivity index (χ3v) is 3.70. The molecule has 1 heterocycles. The summed E-state index contributed by atoms with van der Waals surface area (Å²) in [5.74, 6) is 3.06. The Labute approximate surface area is 119 Å². The van der Waals surface area contributed by atoms with Crippen LogP contribution in [0.1, 0.15) is 33.6 Å². The number of nitrogens with one attached hydrogen (secondary N) is 2. The Balaban J connectivity index is 3.05. The van der Waals surface area contributed by atoms with Gasteiger partial charge in [0.15, 0.2) is 0 Å². The number of nitrogens with zero attached hydrogens (tertiary/aromatic N) is 1. The Morgan fingerprint density at radius 3 is 2.65 bits per heavy atom. The summed E-state index contributed by atoms with van der Waals surface area (Å²) in [6.45, 7) is 5.20. The standard InChI is InChI=1S/C13H26F2N4O/c1-5-20-11-9(7-13(3,14)15)8(2)6-10(19-16)18-12(11)17-4/h8-11,19H,5-7,16H2,1-4H3,(H,17,18)/t8-,9?,10?,11+/m0/s1. The summed E-state index contributed by atoms with van der Waals surface area (Å²) < 4.78 is 32.7. The van der Waals surface area contributed by atoms with Crippen LogP contribution in [0.4, 0.5) is 8.78 Å². The van der Waals surface area contributed by atoms with Crippen molar-refractivity contribution in [2.24, 2.45) is 22.7 Å². The van der Waals surface area contributed by atoms with Crippen LogP contribution < -0.4 is 16.6 Å². The van der Waals surface area contributed by atoms with E-state index in [2.05, 4.69) is 15.7 Å². The van der Waals surface area contributed by atoms with Gasteiger partial charge < -0.3 is 10.1 Å². The van der Waals surface area contributed by atoms with Crippen molar-refractivity contribution in [3.8, 4) is 0 Å². The molecule has 0 saturated carbocycles. The predicted octanol–water partition coefficient (Wildman–Crippen LogP) is 1.50. The molecule has 5 nitrogen and oxygen atoms in total. The monoisotopic (exact) mass is 292 g/mol. The van der Waals surface area contributed by atoms with Crippen molar-refractivity contribution in [1.82, 2.24) is 10.7 Å². The van der Waals surface area contributed by atoms with E-state index in [1.807, 2.05) is 13.8 Å². The highest BCUT2D eigenvalue weighted by molar-refractivity contribution is 5.87. The molecule has 0 bridgehead atoms. The van der Waals surface area contributed by atoms with E-state index in [1.165, 1.54) is 0 Å². The van der Waals surface area contributed by atoms with E-state index in [1.54, 1.807) is 7.05 Å². The van der Waals surface area contributed by atoms with Gasteiger partial charge in [0.25, 0.3) is 0 Å². The second kappa shape index (κ2) is 7.28. The minimum absolute atomic E-state index is 0.0326. The number of hydrogen-bond acceptors (Lipinski definition) is 4. The highest BCUT2D eigenvalue weighted by Gasteiger charge is 2.41. The van der Waals surface area contributed by atoms with Gasteiger partial charge in [-0.3, -0.25) is 10.8 Å². The van der Waals surface area contributed by atoms with Crippen molar-refractivity contribution in [3.05, 3.63) is 0 Å².